The summed E-state index contributed by atoms with van der Waals surface area (Å²) in [6.45, 7) is 9.24. The van der Waals surface area contributed by atoms with Crippen LogP contribution in [0.1, 0.15) is 68.9 Å². The Balaban J connectivity index is 1.01. The summed E-state index contributed by atoms with van der Waals surface area (Å²) in [7, 11) is 0. The summed E-state index contributed by atoms with van der Waals surface area (Å²) in [5, 5.41) is 0. The topological polar surface area (TPSA) is 53.1 Å². The molecule has 224 valence electrons. The lowest BCUT2D eigenvalue weighted by Gasteiger charge is -2.50. The van der Waals surface area contributed by atoms with Crippen molar-refractivity contribution in [3.05, 3.63) is 59.7 Å². The van der Waals surface area contributed by atoms with Crippen molar-refractivity contribution in [2.75, 3.05) is 62.3 Å². The molecule has 3 aliphatic carbocycles. The summed E-state index contributed by atoms with van der Waals surface area (Å²) in [6, 6.07) is 18.1. The van der Waals surface area contributed by atoms with Gasteiger partial charge in [-0.25, -0.2) is 0 Å². The number of hydrogen-bond acceptors (Lipinski definition) is 5. The molecule has 6 heteroatoms. The van der Waals surface area contributed by atoms with E-state index >= 15 is 0 Å². The molecule has 5 atom stereocenters. The molecule has 2 aromatic rings. The van der Waals surface area contributed by atoms with Gasteiger partial charge < -0.3 is 19.4 Å². The number of Topliss-reactive ketones (excluding diaryl/α,β-unsaturated/α-hetero) is 1. The van der Waals surface area contributed by atoms with Crippen molar-refractivity contribution >= 4 is 23.1 Å². The first-order chi connectivity index (χ1) is 20.5. The third-order valence-electron chi connectivity index (χ3n) is 11.6. The first kappa shape index (κ1) is 27.9. The number of hydrogen-bond donors (Lipinski definition) is 0. The van der Waals surface area contributed by atoms with Gasteiger partial charge in [0.25, 0.3) is 0 Å². The van der Waals surface area contributed by atoms with Gasteiger partial charge in [-0.1, -0.05) is 31.2 Å². The van der Waals surface area contributed by atoms with Crippen molar-refractivity contribution < 1.29 is 14.3 Å². The van der Waals surface area contributed by atoms with E-state index in [2.05, 4.69) is 65.3 Å². The Kier molecular flexibility index (Phi) is 7.76. The Bertz CT molecular complexity index is 1280. The van der Waals surface area contributed by atoms with E-state index in [0.29, 0.717) is 49.1 Å². The molecule has 2 saturated heterocycles. The predicted octanol–water partition coefficient (Wildman–Crippen LogP) is 5.69. The van der Waals surface area contributed by atoms with E-state index < -0.39 is 0 Å². The van der Waals surface area contributed by atoms with Crippen LogP contribution in [-0.2, 0) is 20.7 Å². The number of morpholine rings is 1. The lowest BCUT2D eigenvalue weighted by atomic mass is 9.54. The molecular weight excluding hydrogens is 522 g/mol. The number of rotatable bonds is 6. The van der Waals surface area contributed by atoms with E-state index in [1.807, 2.05) is 4.90 Å². The summed E-state index contributed by atoms with van der Waals surface area (Å²) in [5.41, 5.74) is 5.63. The second kappa shape index (κ2) is 11.7. The Morgan fingerprint density at radius 3 is 2.43 bits per heavy atom. The monoisotopic (exact) mass is 569 g/mol. The molecule has 7 rings (SSSR count). The first-order valence-corrected chi connectivity index (χ1v) is 16.6. The molecule has 5 aliphatic rings. The van der Waals surface area contributed by atoms with E-state index in [9.17, 15) is 9.59 Å². The lowest BCUT2D eigenvalue weighted by molar-refractivity contribution is -0.135. The summed E-state index contributed by atoms with van der Waals surface area (Å²) in [5.74, 6) is 2.79. The van der Waals surface area contributed by atoms with Gasteiger partial charge in [-0.3, -0.25) is 9.59 Å². The van der Waals surface area contributed by atoms with Crippen LogP contribution in [0.25, 0.3) is 0 Å². The molecule has 4 fully saturated rings. The van der Waals surface area contributed by atoms with Gasteiger partial charge in [-0.15, -0.1) is 0 Å². The van der Waals surface area contributed by atoms with E-state index in [4.69, 9.17) is 4.74 Å². The number of carbonyl (C=O) groups excluding carboxylic acids is 2. The molecule has 6 nitrogen and oxygen atoms in total. The average molecular weight is 570 g/mol. The predicted molar refractivity (Wildman–Crippen MR) is 167 cm³/mol. The van der Waals surface area contributed by atoms with Gasteiger partial charge in [0.1, 0.15) is 5.78 Å². The lowest BCUT2D eigenvalue weighted by Crippen LogP contribution is -2.46. The van der Waals surface area contributed by atoms with Crippen molar-refractivity contribution in [3.8, 4) is 0 Å². The van der Waals surface area contributed by atoms with E-state index in [1.54, 1.807) is 11.1 Å². The average Bonchev–Trinajstić information content (AvgIpc) is 3.30. The number of aryl methyl sites for hydroxylation is 1. The van der Waals surface area contributed by atoms with Gasteiger partial charge >= 0.3 is 0 Å². The van der Waals surface area contributed by atoms with Gasteiger partial charge in [0.2, 0.25) is 5.91 Å². The summed E-state index contributed by atoms with van der Waals surface area (Å²) >= 11 is 0. The van der Waals surface area contributed by atoms with Crippen LogP contribution in [-0.4, -0.2) is 69.1 Å². The third-order valence-corrected chi connectivity index (χ3v) is 11.6. The quantitative estimate of drug-likeness (QED) is 0.447. The molecule has 0 N–H and O–H groups in total. The zero-order chi connectivity index (χ0) is 28.7. The maximum absolute atomic E-state index is 13.4. The minimum Gasteiger partial charge on any atom is -0.378 e. The highest BCUT2D eigenvalue weighted by Gasteiger charge is 2.58. The molecule has 0 spiro atoms. The number of benzene rings is 2. The number of nitrogens with zero attached hydrogens (tertiary/aromatic N) is 3. The number of ether oxygens (including phenoxy) is 1. The molecule has 2 aromatic carbocycles. The Labute approximate surface area is 251 Å². The van der Waals surface area contributed by atoms with Crippen molar-refractivity contribution in [1.82, 2.24) is 4.90 Å². The van der Waals surface area contributed by atoms with Crippen molar-refractivity contribution in [3.63, 3.8) is 0 Å². The summed E-state index contributed by atoms with van der Waals surface area (Å²) in [6.07, 6.45) is 7.69. The van der Waals surface area contributed by atoms with Crippen molar-refractivity contribution in [2.24, 2.45) is 23.2 Å². The standard InChI is InChI=1S/C36H47N3O3/c1-36-15-14-31-30-13-11-29(38-18-16-37(17-19-38)28-7-3-2-4-8-28)24-26(30)10-12-32(31)35(36)27(25-33(36)40)6-5-9-34(41)39-20-22-42-23-21-39/h2-4,7-8,11,13,24,27,31-32,35H,5-6,9-10,12,14-23,25H2,1H3/t27-,31+,32+,35-,36+/m0/s1. The second-order valence-corrected chi connectivity index (χ2v) is 13.8. The maximum Gasteiger partial charge on any atom is 0.222 e. The number of para-hydroxylation sites is 1. The van der Waals surface area contributed by atoms with Crippen LogP contribution in [0.2, 0.25) is 0 Å². The second-order valence-electron chi connectivity index (χ2n) is 13.8. The summed E-state index contributed by atoms with van der Waals surface area (Å²) in [4.78, 5) is 33.2. The van der Waals surface area contributed by atoms with Crippen LogP contribution in [0, 0.1) is 23.2 Å². The molecule has 0 bridgehead atoms. The van der Waals surface area contributed by atoms with Crippen LogP contribution in [0.15, 0.2) is 48.5 Å². The largest absolute Gasteiger partial charge is 0.378 e. The molecule has 0 aromatic heterocycles. The van der Waals surface area contributed by atoms with E-state index in [0.717, 1.165) is 77.8 Å². The number of ketones is 1. The zero-order valence-corrected chi connectivity index (χ0v) is 25.3. The molecule has 2 aliphatic heterocycles. The number of piperazine rings is 1. The van der Waals surface area contributed by atoms with Crippen molar-refractivity contribution in [2.45, 2.75) is 64.2 Å². The van der Waals surface area contributed by atoms with Gasteiger partial charge in [-0.2, -0.15) is 0 Å². The molecule has 42 heavy (non-hydrogen) atoms. The molecule has 0 unspecified atom stereocenters. The normalized spacial score (nSPS) is 31.0. The van der Waals surface area contributed by atoms with Gasteiger partial charge in [0.15, 0.2) is 0 Å². The minimum atomic E-state index is -0.171. The number of fused-ring (bicyclic) bond motifs is 5. The molecule has 1 amide bonds. The van der Waals surface area contributed by atoms with Gasteiger partial charge in [0, 0.05) is 68.9 Å². The first-order valence-electron chi connectivity index (χ1n) is 16.6. The minimum absolute atomic E-state index is 0.171. The van der Waals surface area contributed by atoms with E-state index in [-0.39, 0.29) is 11.3 Å². The van der Waals surface area contributed by atoms with Crippen LogP contribution in [0.4, 0.5) is 11.4 Å². The van der Waals surface area contributed by atoms with Crippen LogP contribution in [0.5, 0.6) is 0 Å². The fourth-order valence-corrected chi connectivity index (χ4v) is 9.44. The fourth-order valence-electron chi connectivity index (χ4n) is 9.44. The molecule has 0 radical (unpaired) electrons. The number of anilines is 2. The van der Waals surface area contributed by atoms with E-state index in [1.165, 1.54) is 17.8 Å². The molecule has 2 heterocycles. The van der Waals surface area contributed by atoms with Crippen LogP contribution >= 0.6 is 0 Å². The highest BCUT2D eigenvalue weighted by Crippen LogP contribution is 2.62. The maximum atomic E-state index is 13.4. The zero-order valence-electron chi connectivity index (χ0n) is 25.3. The highest BCUT2D eigenvalue weighted by atomic mass is 16.5. The SMILES string of the molecule is C[C@]12CC[C@@H]3c4ccc(N5CCN(c6ccccc6)CC5)cc4CC[C@H]3[C@@H]1[C@@H](CCCC(=O)N1CCOCC1)CC2=O. The highest BCUT2D eigenvalue weighted by molar-refractivity contribution is 5.87. The summed E-state index contributed by atoms with van der Waals surface area (Å²) < 4.78 is 5.41. The van der Waals surface area contributed by atoms with Crippen LogP contribution < -0.4 is 9.80 Å². The number of amides is 1. The third kappa shape index (κ3) is 5.14. The Morgan fingerprint density at radius 2 is 1.67 bits per heavy atom. The smallest absolute Gasteiger partial charge is 0.222 e. The Hall–Kier alpha value is -2.86. The van der Waals surface area contributed by atoms with Crippen LogP contribution in [0.3, 0.4) is 0 Å². The van der Waals surface area contributed by atoms with Gasteiger partial charge in [0.05, 0.1) is 13.2 Å². The molecular formula is C36H47N3O3. The number of carbonyl (C=O) groups is 2. The van der Waals surface area contributed by atoms with Gasteiger partial charge in [-0.05, 0) is 97.6 Å². The van der Waals surface area contributed by atoms with Crippen molar-refractivity contribution in [1.29, 1.82) is 0 Å². The Morgan fingerprint density at radius 1 is 0.929 bits per heavy atom. The fraction of sp³-hybridized carbons (Fsp3) is 0.611. The molecule has 2 saturated carbocycles.